The molecule has 1 fully saturated rings. The summed E-state index contributed by atoms with van der Waals surface area (Å²) in [5.41, 5.74) is 0.536. The second-order valence-corrected chi connectivity index (χ2v) is 7.18. The normalized spacial score (nSPS) is 19.1. The standard InChI is InChI=1S/C16H24N6O2/c1-16(2,11-23)9-12-10-22(19-17-12)13-5-4-7-21(15(13)24)14-6-8-20(3)18-14/h6,8,10,13,23H,4-5,7,9,11H2,1-3H3. The highest BCUT2D eigenvalue weighted by molar-refractivity contribution is 5.95. The molecule has 1 saturated heterocycles. The number of aliphatic hydroxyl groups excluding tert-OH is 1. The van der Waals surface area contributed by atoms with Crippen LogP contribution in [0.4, 0.5) is 5.82 Å². The summed E-state index contributed by atoms with van der Waals surface area (Å²) >= 11 is 0. The lowest BCUT2D eigenvalue weighted by Crippen LogP contribution is -2.42. The zero-order valence-electron chi connectivity index (χ0n) is 14.4. The number of aliphatic hydroxyl groups is 1. The van der Waals surface area contributed by atoms with Crippen molar-refractivity contribution in [3.05, 3.63) is 24.2 Å². The third-order valence-electron chi connectivity index (χ3n) is 4.35. The monoisotopic (exact) mass is 332 g/mol. The molecule has 0 aliphatic carbocycles. The maximum atomic E-state index is 12.8. The first-order chi connectivity index (χ1) is 11.4. The van der Waals surface area contributed by atoms with Crippen LogP contribution in [0.1, 0.15) is 38.4 Å². The Kier molecular flexibility index (Phi) is 4.40. The van der Waals surface area contributed by atoms with E-state index in [1.54, 1.807) is 14.3 Å². The number of carbonyl (C=O) groups is 1. The Morgan fingerprint density at radius 3 is 2.88 bits per heavy atom. The van der Waals surface area contributed by atoms with E-state index in [1.807, 2.05) is 39.4 Å². The Bertz CT molecular complexity index is 720. The summed E-state index contributed by atoms with van der Waals surface area (Å²) < 4.78 is 3.34. The Morgan fingerprint density at radius 1 is 1.42 bits per heavy atom. The third-order valence-corrected chi connectivity index (χ3v) is 4.35. The van der Waals surface area contributed by atoms with E-state index in [0.717, 1.165) is 18.5 Å². The van der Waals surface area contributed by atoms with Gasteiger partial charge in [-0.2, -0.15) is 5.10 Å². The van der Waals surface area contributed by atoms with E-state index in [-0.39, 0.29) is 24.0 Å². The van der Waals surface area contributed by atoms with Crippen LogP contribution in [0.5, 0.6) is 0 Å². The number of nitrogens with zero attached hydrogens (tertiary/aromatic N) is 6. The molecule has 0 radical (unpaired) electrons. The number of hydrogen-bond donors (Lipinski definition) is 1. The molecule has 130 valence electrons. The quantitative estimate of drug-likeness (QED) is 0.880. The number of amides is 1. The summed E-state index contributed by atoms with van der Waals surface area (Å²) in [5, 5.41) is 22.0. The van der Waals surface area contributed by atoms with Crippen LogP contribution in [-0.4, -0.2) is 48.9 Å². The van der Waals surface area contributed by atoms with Crippen LogP contribution in [-0.2, 0) is 18.3 Å². The van der Waals surface area contributed by atoms with Crippen molar-refractivity contribution in [1.29, 1.82) is 0 Å². The molecule has 1 aliphatic heterocycles. The lowest BCUT2D eigenvalue weighted by molar-refractivity contribution is -0.123. The van der Waals surface area contributed by atoms with Crippen LogP contribution in [0, 0.1) is 5.41 Å². The molecule has 3 rings (SSSR count). The van der Waals surface area contributed by atoms with Gasteiger partial charge in [-0.25, -0.2) is 4.68 Å². The zero-order chi connectivity index (χ0) is 17.3. The van der Waals surface area contributed by atoms with Gasteiger partial charge < -0.3 is 5.11 Å². The lowest BCUT2D eigenvalue weighted by Gasteiger charge is -2.30. The second-order valence-electron chi connectivity index (χ2n) is 7.18. The van der Waals surface area contributed by atoms with E-state index in [0.29, 0.717) is 18.8 Å². The van der Waals surface area contributed by atoms with Gasteiger partial charge in [0, 0.05) is 45.1 Å². The molecule has 8 nitrogen and oxygen atoms in total. The molecule has 3 heterocycles. The predicted octanol–water partition coefficient (Wildman–Crippen LogP) is 0.941. The first kappa shape index (κ1) is 16.6. The minimum Gasteiger partial charge on any atom is -0.396 e. The molecular weight excluding hydrogens is 308 g/mol. The number of aromatic nitrogens is 5. The summed E-state index contributed by atoms with van der Waals surface area (Å²) in [6, 6.07) is 1.50. The lowest BCUT2D eigenvalue weighted by atomic mass is 9.89. The van der Waals surface area contributed by atoms with Crippen molar-refractivity contribution in [3.8, 4) is 0 Å². The number of piperidine rings is 1. The molecule has 2 aromatic rings. The summed E-state index contributed by atoms with van der Waals surface area (Å²) in [5.74, 6) is 0.673. The molecule has 2 aromatic heterocycles. The fourth-order valence-electron chi connectivity index (χ4n) is 2.97. The number of hydrogen-bond acceptors (Lipinski definition) is 5. The van der Waals surface area contributed by atoms with Crippen molar-refractivity contribution >= 4 is 11.7 Å². The van der Waals surface area contributed by atoms with Crippen LogP contribution < -0.4 is 4.90 Å². The molecule has 8 heteroatoms. The van der Waals surface area contributed by atoms with Gasteiger partial charge in [0.15, 0.2) is 5.82 Å². The molecular formula is C16H24N6O2. The molecule has 1 N–H and O–H groups in total. The van der Waals surface area contributed by atoms with E-state index in [2.05, 4.69) is 15.4 Å². The highest BCUT2D eigenvalue weighted by Gasteiger charge is 2.33. The average Bonchev–Trinajstić information content (AvgIpc) is 3.16. The van der Waals surface area contributed by atoms with Crippen LogP contribution in [0.25, 0.3) is 0 Å². The van der Waals surface area contributed by atoms with Crippen molar-refractivity contribution < 1.29 is 9.90 Å². The van der Waals surface area contributed by atoms with Crippen LogP contribution in [0.3, 0.4) is 0 Å². The van der Waals surface area contributed by atoms with Crippen molar-refractivity contribution in [3.63, 3.8) is 0 Å². The van der Waals surface area contributed by atoms with Gasteiger partial charge in [-0.05, 0) is 18.3 Å². The van der Waals surface area contributed by atoms with Gasteiger partial charge in [0.2, 0.25) is 0 Å². The van der Waals surface area contributed by atoms with Gasteiger partial charge in [-0.1, -0.05) is 19.1 Å². The maximum Gasteiger partial charge on any atom is 0.253 e. The minimum absolute atomic E-state index is 0.00202. The Balaban J connectivity index is 1.77. The van der Waals surface area contributed by atoms with Gasteiger partial charge in [0.1, 0.15) is 6.04 Å². The van der Waals surface area contributed by atoms with Gasteiger partial charge in [-0.3, -0.25) is 14.4 Å². The number of rotatable bonds is 5. The van der Waals surface area contributed by atoms with Gasteiger partial charge in [-0.15, -0.1) is 5.10 Å². The summed E-state index contributed by atoms with van der Waals surface area (Å²) in [6.45, 7) is 4.70. The van der Waals surface area contributed by atoms with E-state index >= 15 is 0 Å². The maximum absolute atomic E-state index is 12.8. The van der Waals surface area contributed by atoms with Crippen LogP contribution in [0.15, 0.2) is 18.5 Å². The Labute approximate surface area is 141 Å². The molecule has 0 spiro atoms. The highest BCUT2D eigenvalue weighted by atomic mass is 16.3. The number of carbonyl (C=O) groups excluding carboxylic acids is 1. The SMILES string of the molecule is Cn1ccc(N2CCCC(n3cc(CC(C)(C)CO)nn3)C2=O)n1. The average molecular weight is 332 g/mol. The summed E-state index contributed by atoms with van der Waals surface area (Å²) in [7, 11) is 1.84. The number of anilines is 1. The molecule has 0 aromatic carbocycles. The van der Waals surface area contributed by atoms with Gasteiger partial charge in [0.25, 0.3) is 5.91 Å². The van der Waals surface area contributed by atoms with Crippen molar-refractivity contribution in [2.75, 3.05) is 18.1 Å². The first-order valence-electron chi connectivity index (χ1n) is 8.22. The summed E-state index contributed by atoms with van der Waals surface area (Å²) in [6.07, 6.45) is 5.91. The van der Waals surface area contributed by atoms with Gasteiger partial charge >= 0.3 is 0 Å². The molecule has 0 bridgehead atoms. The van der Waals surface area contributed by atoms with Crippen LogP contribution in [0.2, 0.25) is 0 Å². The van der Waals surface area contributed by atoms with Crippen molar-refractivity contribution in [2.24, 2.45) is 12.5 Å². The highest BCUT2D eigenvalue weighted by Crippen LogP contribution is 2.27. The Hall–Kier alpha value is -2.22. The molecule has 1 amide bonds. The number of aryl methyl sites for hydroxylation is 1. The minimum atomic E-state index is -0.348. The van der Waals surface area contributed by atoms with E-state index in [4.69, 9.17) is 0 Å². The zero-order valence-corrected chi connectivity index (χ0v) is 14.4. The molecule has 1 atom stereocenters. The van der Waals surface area contributed by atoms with Crippen molar-refractivity contribution in [1.82, 2.24) is 24.8 Å². The largest absolute Gasteiger partial charge is 0.396 e. The van der Waals surface area contributed by atoms with Gasteiger partial charge in [0.05, 0.1) is 5.69 Å². The smallest absolute Gasteiger partial charge is 0.253 e. The van der Waals surface area contributed by atoms with E-state index < -0.39 is 0 Å². The van der Waals surface area contributed by atoms with Crippen molar-refractivity contribution in [2.45, 2.75) is 39.2 Å². The van der Waals surface area contributed by atoms with Crippen LogP contribution >= 0.6 is 0 Å². The fraction of sp³-hybridized carbons (Fsp3) is 0.625. The third kappa shape index (κ3) is 3.33. The fourth-order valence-corrected chi connectivity index (χ4v) is 2.97. The first-order valence-corrected chi connectivity index (χ1v) is 8.22. The van der Waals surface area contributed by atoms with E-state index in [1.165, 1.54) is 0 Å². The Morgan fingerprint density at radius 2 is 2.21 bits per heavy atom. The second kappa shape index (κ2) is 6.35. The summed E-state index contributed by atoms with van der Waals surface area (Å²) in [4.78, 5) is 14.5. The predicted molar refractivity (Wildman–Crippen MR) is 88.4 cm³/mol. The molecule has 24 heavy (non-hydrogen) atoms. The molecule has 0 saturated carbocycles. The molecule has 1 aliphatic rings. The topological polar surface area (TPSA) is 89.1 Å². The van der Waals surface area contributed by atoms with E-state index in [9.17, 15) is 9.90 Å². The molecule has 1 unspecified atom stereocenters.